The molecule has 3 nitrogen and oxygen atoms in total. The van der Waals surface area contributed by atoms with E-state index in [1.807, 2.05) is 18.7 Å². The number of Topliss-reactive ketones (excluding diaryl/α,β-unsaturated/α-hetero) is 2. The molecule has 3 atom stereocenters. The average molecular weight is 368 g/mol. The van der Waals surface area contributed by atoms with Crippen molar-refractivity contribution in [2.75, 3.05) is 12.3 Å². The Hall–Kier alpha value is -0.640. The minimum atomic E-state index is -0.531. The summed E-state index contributed by atoms with van der Waals surface area (Å²) in [6, 6.07) is 0. The summed E-state index contributed by atoms with van der Waals surface area (Å²) in [7, 11) is 0. The molecule has 0 radical (unpaired) electrons. The first kappa shape index (κ1) is 22.4. The van der Waals surface area contributed by atoms with Crippen molar-refractivity contribution < 1.29 is 9.59 Å². The molecule has 0 N–H and O–H groups in total. The summed E-state index contributed by atoms with van der Waals surface area (Å²) < 4.78 is 0. The van der Waals surface area contributed by atoms with Crippen LogP contribution in [0.3, 0.4) is 0 Å². The summed E-state index contributed by atoms with van der Waals surface area (Å²) in [6.07, 6.45) is 8.44. The van der Waals surface area contributed by atoms with Crippen LogP contribution in [0.4, 0.5) is 0 Å². The van der Waals surface area contributed by atoms with Gasteiger partial charge in [0.2, 0.25) is 0 Å². The fourth-order valence-corrected chi connectivity index (χ4v) is 4.71. The third kappa shape index (κ3) is 8.06. The summed E-state index contributed by atoms with van der Waals surface area (Å²) in [5.41, 5.74) is 0.893. The van der Waals surface area contributed by atoms with E-state index in [0.717, 1.165) is 43.7 Å². The second kappa shape index (κ2) is 12.7. The zero-order chi connectivity index (χ0) is 18.7. The van der Waals surface area contributed by atoms with E-state index in [1.54, 1.807) is 0 Å². The molecular formula is C21H37NO2S. The standard InChI is InChI=1S/C21H37NO2S/c1-5-8-9-10-12-22-18-14-17(13-16(4)25-7-3)15-20(24)21(18)19(23)11-6-2/h16-17,21H,5-15H2,1-4H3/t16-,17-,21?/m1/s1. The Morgan fingerprint density at radius 1 is 1.16 bits per heavy atom. The number of rotatable bonds is 12. The fourth-order valence-electron chi connectivity index (χ4n) is 3.74. The zero-order valence-corrected chi connectivity index (χ0v) is 17.5. The van der Waals surface area contributed by atoms with Crippen molar-refractivity contribution in [3.63, 3.8) is 0 Å². The van der Waals surface area contributed by atoms with Crippen LogP contribution in [0.25, 0.3) is 0 Å². The molecule has 1 unspecified atom stereocenters. The number of ketones is 2. The Kier molecular flexibility index (Phi) is 11.4. The average Bonchev–Trinajstić information content (AvgIpc) is 2.54. The van der Waals surface area contributed by atoms with Gasteiger partial charge in [-0.25, -0.2) is 0 Å². The number of carbonyl (C=O) groups is 2. The Morgan fingerprint density at radius 3 is 2.56 bits per heavy atom. The number of thioether (sulfide) groups is 1. The molecule has 0 aromatic carbocycles. The van der Waals surface area contributed by atoms with Gasteiger partial charge in [0.15, 0.2) is 0 Å². The fraction of sp³-hybridized carbons (Fsp3) is 0.857. The smallest absolute Gasteiger partial charge is 0.149 e. The van der Waals surface area contributed by atoms with Crippen molar-refractivity contribution >= 4 is 29.0 Å². The summed E-state index contributed by atoms with van der Waals surface area (Å²) >= 11 is 1.95. The van der Waals surface area contributed by atoms with E-state index >= 15 is 0 Å². The number of hydrogen-bond donors (Lipinski definition) is 0. The highest BCUT2D eigenvalue weighted by molar-refractivity contribution is 7.99. The highest BCUT2D eigenvalue weighted by atomic mass is 32.2. The van der Waals surface area contributed by atoms with Crippen LogP contribution in [0.5, 0.6) is 0 Å². The molecule has 1 rings (SSSR count). The molecule has 0 amide bonds. The molecule has 0 spiro atoms. The van der Waals surface area contributed by atoms with Crippen molar-refractivity contribution in [1.29, 1.82) is 0 Å². The second-order valence-corrected chi connectivity index (χ2v) is 9.04. The predicted molar refractivity (Wildman–Crippen MR) is 110 cm³/mol. The second-order valence-electron chi connectivity index (χ2n) is 7.33. The molecule has 0 heterocycles. The molecule has 1 aliphatic rings. The maximum Gasteiger partial charge on any atom is 0.149 e. The lowest BCUT2D eigenvalue weighted by Crippen LogP contribution is -2.39. The highest BCUT2D eigenvalue weighted by Crippen LogP contribution is 2.31. The van der Waals surface area contributed by atoms with Crippen LogP contribution in [-0.4, -0.2) is 34.8 Å². The van der Waals surface area contributed by atoms with Crippen molar-refractivity contribution in [3.8, 4) is 0 Å². The topological polar surface area (TPSA) is 46.5 Å². The van der Waals surface area contributed by atoms with Crippen molar-refractivity contribution in [3.05, 3.63) is 0 Å². The largest absolute Gasteiger partial charge is 0.298 e. The molecule has 1 fully saturated rings. The van der Waals surface area contributed by atoms with Crippen LogP contribution in [0, 0.1) is 11.8 Å². The quantitative estimate of drug-likeness (QED) is 0.338. The maximum absolute atomic E-state index is 12.7. The van der Waals surface area contributed by atoms with Gasteiger partial charge in [-0.1, -0.05) is 47.0 Å². The molecule has 144 valence electrons. The molecule has 0 saturated heterocycles. The van der Waals surface area contributed by atoms with Crippen LogP contribution in [-0.2, 0) is 9.59 Å². The van der Waals surface area contributed by atoms with Crippen molar-refractivity contribution in [1.82, 2.24) is 0 Å². The van der Waals surface area contributed by atoms with Gasteiger partial charge in [0.25, 0.3) is 0 Å². The van der Waals surface area contributed by atoms with E-state index < -0.39 is 5.92 Å². The van der Waals surface area contributed by atoms with Gasteiger partial charge in [0.05, 0.1) is 0 Å². The number of nitrogens with zero attached hydrogens (tertiary/aromatic N) is 1. The summed E-state index contributed by atoms with van der Waals surface area (Å²) in [4.78, 5) is 29.9. The molecule has 25 heavy (non-hydrogen) atoms. The van der Waals surface area contributed by atoms with Gasteiger partial charge < -0.3 is 0 Å². The normalized spacial score (nSPS) is 23.8. The maximum atomic E-state index is 12.7. The molecule has 0 bridgehead atoms. The van der Waals surface area contributed by atoms with E-state index in [2.05, 4.69) is 20.8 Å². The highest BCUT2D eigenvalue weighted by Gasteiger charge is 2.37. The number of hydrogen-bond acceptors (Lipinski definition) is 4. The molecule has 1 saturated carbocycles. The molecular weight excluding hydrogens is 330 g/mol. The van der Waals surface area contributed by atoms with Gasteiger partial charge in [-0.05, 0) is 37.4 Å². The van der Waals surface area contributed by atoms with Crippen LogP contribution in [0.2, 0.25) is 0 Å². The first-order valence-electron chi connectivity index (χ1n) is 10.2. The Morgan fingerprint density at radius 2 is 1.92 bits per heavy atom. The SMILES string of the molecule is CCCCCCN=C1C[C@@H](C[C@@H](C)SCC)CC(=O)C1C(=O)CCC. The number of carbonyl (C=O) groups excluding carboxylic acids is 2. The van der Waals surface area contributed by atoms with Gasteiger partial charge in [-0.2, -0.15) is 11.8 Å². The van der Waals surface area contributed by atoms with E-state index in [9.17, 15) is 9.59 Å². The summed E-state index contributed by atoms with van der Waals surface area (Å²) in [5.74, 6) is 1.15. The zero-order valence-electron chi connectivity index (χ0n) is 16.7. The van der Waals surface area contributed by atoms with Gasteiger partial charge in [-0.15, -0.1) is 0 Å². The van der Waals surface area contributed by atoms with Crippen molar-refractivity contribution in [2.45, 2.75) is 90.7 Å². The number of aliphatic imine (C=N–C) groups is 1. The van der Waals surface area contributed by atoms with E-state index in [4.69, 9.17) is 4.99 Å². The Labute approximate surface area is 158 Å². The van der Waals surface area contributed by atoms with E-state index in [0.29, 0.717) is 24.0 Å². The first-order valence-corrected chi connectivity index (χ1v) is 11.3. The van der Waals surface area contributed by atoms with Crippen LogP contribution in [0.1, 0.15) is 85.5 Å². The van der Waals surface area contributed by atoms with Gasteiger partial charge in [0, 0.05) is 30.3 Å². The Bertz CT molecular complexity index is 447. The number of unbranched alkanes of at least 4 members (excludes halogenated alkanes) is 3. The van der Waals surface area contributed by atoms with Gasteiger partial charge >= 0.3 is 0 Å². The van der Waals surface area contributed by atoms with Crippen LogP contribution >= 0.6 is 11.8 Å². The van der Waals surface area contributed by atoms with Gasteiger partial charge in [-0.3, -0.25) is 14.6 Å². The first-order chi connectivity index (χ1) is 12.0. The third-order valence-electron chi connectivity index (χ3n) is 4.90. The summed E-state index contributed by atoms with van der Waals surface area (Å²) in [6.45, 7) is 9.39. The lowest BCUT2D eigenvalue weighted by molar-refractivity contribution is -0.131. The van der Waals surface area contributed by atoms with E-state index in [1.165, 1.54) is 19.3 Å². The van der Waals surface area contributed by atoms with Crippen molar-refractivity contribution in [2.24, 2.45) is 16.8 Å². The van der Waals surface area contributed by atoms with E-state index in [-0.39, 0.29) is 11.6 Å². The van der Waals surface area contributed by atoms with Crippen LogP contribution < -0.4 is 0 Å². The molecule has 1 aliphatic carbocycles. The lowest BCUT2D eigenvalue weighted by atomic mass is 9.75. The van der Waals surface area contributed by atoms with Gasteiger partial charge in [0.1, 0.15) is 17.5 Å². The lowest BCUT2D eigenvalue weighted by Gasteiger charge is -2.30. The summed E-state index contributed by atoms with van der Waals surface area (Å²) in [5, 5.41) is 0.566. The monoisotopic (exact) mass is 367 g/mol. The molecule has 4 heteroatoms. The minimum absolute atomic E-state index is 0.0919. The Balaban J connectivity index is 2.77. The van der Waals surface area contributed by atoms with Crippen LogP contribution in [0.15, 0.2) is 4.99 Å². The third-order valence-corrected chi connectivity index (χ3v) is 6.00. The molecule has 0 aromatic heterocycles. The molecule has 0 aromatic rings. The predicted octanol–water partition coefficient (Wildman–Crippen LogP) is 5.50. The minimum Gasteiger partial charge on any atom is -0.298 e. The molecule has 0 aliphatic heterocycles.